The Labute approximate surface area is 179 Å². The summed E-state index contributed by atoms with van der Waals surface area (Å²) in [5, 5.41) is 4.44. The molecule has 0 radical (unpaired) electrons. The first-order valence-corrected chi connectivity index (χ1v) is 10.1. The molecule has 0 spiro atoms. The molecule has 0 aliphatic rings. The van der Waals surface area contributed by atoms with E-state index in [0.29, 0.717) is 12.5 Å². The Bertz CT molecular complexity index is 1310. The van der Waals surface area contributed by atoms with E-state index in [9.17, 15) is 0 Å². The first kappa shape index (κ1) is 18.9. The maximum atomic E-state index is 5.42. The second kappa shape index (κ2) is 8.31. The molecule has 7 heteroatoms. The number of hydrogen-bond acceptors (Lipinski definition) is 5. The largest absolute Gasteiger partial charge is 0.497 e. The van der Waals surface area contributed by atoms with Gasteiger partial charge in [-0.1, -0.05) is 30.3 Å². The third-order valence-corrected chi connectivity index (χ3v) is 5.20. The van der Waals surface area contributed by atoms with Crippen LogP contribution in [0.2, 0.25) is 0 Å². The van der Waals surface area contributed by atoms with Crippen molar-refractivity contribution in [1.29, 1.82) is 0 Å². The van der Waals surface area contributed by atoms with Crippen LogP contribution in [-0.4, -0.2) is 38.2 Å². The number of nitrogens with one attached hydrogen (secondary N) is 2. The fourth-order valence-electron chi connectivity index (χ4n) is 3.69. The molecule has 0 amide bonds. The van der Waals surface area contributed by atoms with E-state index in [2.05, 4.69) is 55.3 Å². The average Bonchev–Trinajstić information content (AvgIpc) is 3.47. The lowest BCUT2D eigenvalue weighted by Crippen LogP contribution is -2.09. The molecule has 0 aliphatic carbocycles. The van der Waals surface area contributed by atoms with Crippen LogP contribution in [0.4, 0.5) is 5.95 Å². The number of aromatic nitrogens is 5. The van der Waals surface area contributed by atoms with Crippen LogP contribution in [0, 0.1) is 0 Å². The maximum absolute atomic E-state index is 5.42. The lowest BCUT2D eigenvalue weighted by Gasteiger charge is -2.07. The average molecular weight is 410 g/mol. The van der Waals surface area contributed by atoms with Gasteiger partial charge < -0.3 is 19.6 Å². The predicted octanol–water partition coefficient (Wildman–Crippen LogP) is 4.47. The van der Waals surface area contributed by atoms with E-state index in [1.54, 1.807) is 19.6 Å². The molecule has 0 atom stereocenters. The van der Waals surface area contributed by atoms with Gasteiger partial charge in [0.2, 0.25) is 5.95 Å². The normalized spacial score (nSPS) is 11.0. The van der Waals surface area contributed by atoms with Gasteiger partial charge in [-0.15, -0.1) is 0 Å². The van der Waals surface area contributed by atoms with E-state index in [1.807, 2.05) is 36.5 Å². The minimum absolute atomic E-state index is 0.591. The number of imidazole rings is 1. The van der Waals surface area contributed by atoms with Crippen molar-refractivity contribution >= 4 is 16.9 Å². The van der Waals surface area contributed by atoms with Gasteiger partial charge in [0.05, 0.1) is 24.6 Å². The summed E-state index contributed by atoms with van der Waals surface area (Å²) in [5.74, 6) is 2.23. The van der Waals surface area contributed by atoms with Gasteiger partial charge in [0.25, 0.3) is 0 Å². The third kappa shape index (κ3) is 3.85. The Balaban J connectivity index is 1.49. The number of aromatic amines is 1. The van der Waals surface area contributed by atoms with Crippen molar-refractivity contribution in [2.24, 2.45) is 0 Å². The van der Waals surface area contributed by atoms with Gasteiger partial charge in [-0.2, -0.15) is 4.98 Å². The highest BCUT2D eigenvalue weighted by molar-refractivity contribution is 5.97. The molecule has 31 heavy (non-hydrogen) atoms. The van der Waals surface area contributed by atoms with E-state index in [1.165, 1.54) is 0 Å². The van der Waals surface area contributed by atoms with Crippen molar-refractivity contribution in [3.63, 3.8) is 0 Å². The summed E-state index contributed by atoms with van der Waals surface area (Å²) in [7, 11) is 1.68. The molecule has 3 aromatic heterocycles. The summed E-state index contributed by atoms with van der Waals surface area (Å²) in [6.07, 6.45) is 8.27. The zero-order valence-electron chi connectivity index (χ0n) is 17.1. The molecule has 0 saturated carbocycles. The van der Waals surface area contributed by atoms with Gasteiger partial charge >= 0.3 is 0 Å². The topological polar surface area (TPSA) is 80.6 Å². The number of fused-ring (bicyclic) bond motifs is 1. The minimum Gasteiger partial charge on any atom is -0.497 e. The van der Waals surface area contributed by atoms with Crippen LogP contribution in [0.3, 0.4) is 0 Å². The van der Waals surface area contributed by atoms with Crippen molar-refractivity contribution in [1.82, 2.24) is 24.5 Å². The third-order valence-electron chi connectivity index (χ3n) is 5.20. The number of ether oxygens (including phenoxy) is 1. The fraction of sp³-hybridized carbons (Fsp3) is 0.125. The van der Waals surface area contributed by atoms with Crippen LogP contribution in [-0.2, 0) is 6.42 Å². The second-order valence-corrected chi connectivity index (χ2v) is 7.14. The molecule has 154 valence electrons. The van der Waals surface area contributed by atoms with Gasteiger partial charge in [0.15, 0.2) is 0 Å². The second-order valence-electron chi connectivity index (χ2n) is 7.14. The van der Waals surface area contributed by atoms with Gasteiger partial charge in [0, 0.05) is 42.5 Å². The zero-order chi connectivity index (χ0) is 21.0. The van der Waals surface area contributed by atoms with E-state index >= 15 is 0 Å². The standard InChI is InChI=1S/C24H22N6O/c1-31-19-6-4-5-17(13-19)21-15-30(22-8-3-2-7-20(21)22)23-10-12-27-24(29-23)26-11-9-18-14-25-16-28-18/h2-8,10,12-16H,9,11H2,1H3,(H,25,28)(H,26,27,29). The van der Waals surface area contributed by atoms with Crippen LogP contribution in [0.1, 0.15) is 5.69 Å². The Hall–Kier alpha value is -4.13. The number of benzene rings is 2. The lowest BCUT2D eigenvalue weighted by atomic mass is 10.0. The van der Waals surface area contributed by atoms with Gasteiger partial charge in [-0.05, 0) is 29.8 Å². The van der Waals surface area contributed by atoms with E-state index < -0.39 is 0 Å². The van der Waals surface area contributed by atoms with Crippen LogP contribution in [0.5, 0.6) is 5.75 Å². The minimum atomic E-state index is 0.591. The Morgan fingerprint density at radius 1 is 1.06 bits per heavy atom. The highest BCUT2D eigenvalue weighted by Crippen LogP contribution is 2.33. The maximum Gasteiger partial charge on any atom is 0.224 e. The van der Waals surface area contributed by atoms with Crippen LogP contribution < -0.4 is 10.1 Å². The smallest absolute Gasteiger partial charge is 0.224 e. The highest BCUT2D eigenvalue weighted by atomic mass is 16.5. The molecule has 0 bridgehead atoms. The molecule has 2 N–H and O–H groups in total. The molecular formula is C24H22N6O. The molecule has 7 nitrogen and oxygen atoms in total. The zero-order valence-corrected chi connectivity index (χ0v) is 17.1. The summed E-state index contributed by atoms with van der Waals surface area (Å²) < 4.78 is 7.52. The van der Waals surface area contributed by atoms with Gasteiger partial charge in [0.1, 0.15) is 11.6 Å². The molecule has 3 heterocycles. The fourth-order valence-corrected chi connectivity index (χ4v) is 3.69. The molecule has 0 unspecified atom stereocenters. The first-order chi connectivity index (χ1) is 15.3. The molecular weight excluding hydrogens is 388 g/mol. The summed E-state index contributed by atoms with van der Waals surface area (Å²) in [6.45, 7) is 0.704. The summed E-state index contributed by atoms with van der Waals surface area (Å²) in [5.41, 5.74) is 4.31. The number of nitrogens with zero attached hydrogens (tertiary/aromatic N) is 4. The van der Waals surface area contributed by atoms with Crippen molar-refractivity contribution in [3.05, 3.63) is 85.2 Å². The van der Waals surface area contributed by atoms with Gasteiger partial charge in [-0.3, -0.25) is 0 Å². The SMILES string of the molecule is COc1cccc(-c2cn(-c3ccnc(NCCc4c[nH]cn4)n3)c3ccccc23)c1. The van der Waals surface area contributed by atoms with Crippen molar-refractivity contribution in [2.45, 2.75) is 6.42 Å². The monoisotopic (exact) mass is 410 g/mol. The highest BCUT2D eigenvalue weighted by Gasteiger charge is 2.13. The number of anilines is 1. The molecule has 0 fully saturated rings. The number of para-hydroxylation sites is 1. The molecule has 5 rings (SSSR count). The molecule has 0 aliphatic heterocycles. The number of methoxy groups -OCH3 is 1. The lowest BCUT2D eigenvalue weighted by molar-refractivity contribution is 0.415. The number of H-pyrrole nitrogens is 1. The van der Waals surface area contributed by atoms with Crippen molar-refractivity contribution in [2.75, 3.05) is 19.0 Å². The Morgan fingerprint density at radius 3 is 2.87 bits per heavy atom. The molecule has 5 aromatic rings. The van der Waals surface area contributed by atoms with Crippen LogP contribution >= 0.6 is 0 Å². The summed E-state index contributed by atoms with van der Waals surface area (Å²) in [6, 6.07) is 18.3. The Morgan fingerprint density at radius 2 is 2.00 bits per heavy atom. The first-order valence-electron chi connectivity index (χ1n) is 10.1. The van der Waals surface area contributed by atoms with E-state index in [4.69, 9.17) is 9.72 Å². The van der Waals surface area contributed by atoms with Crippen LogP contribution in [0.15, 0.2) is 79.5 Å². The Kier molecular flexibility index (Phi) is 5.06. The number of rotatable bonds is 7. The summed E-state index contributed by atoms with van der Waals surface area (Å²) in [4.78, 5) is 16.3. The predicted molar refractivity (Wildman–Crippen MR) is 122 cm³/mol. The quantitative estimate of drug-likeness (QED) is 0.414. The van der Waals surface area contributed by atoms with Crippen LogP contribution in [0.25, 0.3) is 27.8 Å². The van der Waals surface area contributed by atoms with Crippen molar-refractivity contribution in [3.8, 4) is 22.7 Å². The summed E-state index contributed by atoms with van der Waals surface area (Å²) >= 11 is 0. The molecule has 2 aromatic carbocycles. The van der Waals surface area contributed by atoms with Gasteiger partial charge in [-0.25, -0.2) is 9.97 Å². The van der Waals surface area contributed by atoms with Crippen molar-refractivity contribution < 1.29 is 4.74 Å². The van der Waals surface area contributed by atoms with E-state index in [-0.39, 0.29) is 0 Å². The number of hydrogen-bond donors (Lipinski definition) is 2. The van der Waals surface area contributed by atoms with E-state index in [0.717, 1.165) is 45.7 Å². The molecule has 0 saturated heterocycles.